The van der Waals surface area contributed by atoms with Gasteiger partial charge < -0.3 is 4.74 Å². The summed E-state index contributed by atoms with van der Waals surface area (Å²) >= 11 is 1.66. The summed E-state index contributed by atoms with van der Waals surface area (Å²) in [6.07, 6.45) is 0. The molecule has 2 nitrogen and oxygen atoms in total. The molecule has 0 heterocycles. The Hall–Kier alpha value is -2.78. The first-order valence-corrected chi connectivity index (χ1v) is 9.36. The summed E-state index contributed by atoms with van der Waals surface area (Å²) in [5.74, 6) is 1.38. The first-order chi connectivity index (χ1) is 12.7. The fourth-order valence-electron chi connectivity index (χ4n) is 2.24. The van der Waals surface area contributed by atoms with Crippen molar-refractivity contribution in [3.63, 3.8) is 0 Å². The van der Waals surface area contributed by atoms with E-state index >= 15 is 0 Å². The summed E-state index contributed by atoms with van der Waals surface area (Å²) in [5, 5.41) is 2.07. The zero-order chi connectivity index (χ0) is 18.2. The molecule has 3 rings (SSSR count). The number of nitrogens with zero attached hydrogens (tertiary/aromatic N) is 1. The first-order valence-electron chi connectivity index (χ1n) is 8.48. The molecule has 0 amide bonds. The number of para-hydroxylation sites is 1. The molecule has 0 aliphatic heterocycles. The smallest absolute Gasteiger partial charge is 0.223 e. The summed E-state index contributed by atoms with van der Waals surface area (Å²) in [6, 6.07) is 28.1. The van der Waals surface area contributed by atoms with E-state index in [1.807, 2.05) is 79.7 Å². The van der Waals surface area contributed by atoms with Crippen LogP contribution in [0.3, 0.4) is 0 Å². The number of thioether (sulfide) groups is 1. The van der Waals surface area contributed by atoms with Crippen molar-refractivity contribution in [3.05, 3.63) is 101 Å². The average molecular weight is 359 g/mol. The van der Waals surface area contributed by atoms with Gasteiger partial charge in [-0.15, -0.1) is 0 Å². The maximum atomic E-state index is 6.09. The van der Waals surface area contributed by atoms with E-state index in [0.29, 0.717) is 5.90 Å². The van der Waals surface area contributed by atoms with Crippen molar-refractivity contribution in [1.29, 1.82) is 0 Å². The number of rotatable bonds is 5. The second-order valence-electron chi connectivity index (χ2n) is 5.90. The van der Waals surface area contributed by atoms with E-state index in [1.165, 1.54) is 10.5 Å². The highest BCUT2D eigenvalue weighted by atomic mass is 32.2. The van der Waals surface area contributed by atoms with Crippen molar-refractivity contribution in [1.82, 2.24) is 0 Å². The highest BCUT2D eigenvalue weighted by molar-refractivity contribution is 8.02. The van der Waals surface area contributed by atoms with E-state index in [0.717, 1.165) is 17.0 Å². The zero-order valence-corrected chi connectivity index (χ0v) is 15.7. The molecule has 26 heavy (non-hydrogen) atoms. The molecule has 0 saturated heterocycles. The molecule has 0 aromatic heterocycles. The summed E-state index contributed by atoms with van der Waals surface area (Å²) < 4.78 is 6.09. The molecule has 0 radical (unpaired) electrons. The lowest BCUT2D eigenvalue weighted by Gasteiger charge is -2.10. The fourth-order valence-corrected chi connectivity index (χ4v) is 2.96. The molecule has 3 heteroatoms. The third kappa shape index (κ3) is 5.36. The van der Waals surface area contributed by atoms with Gasteiger partial charge in [-0.25, -0.2) is 4.99 Å². The third-order valence-corrected chi connectivity index (χ3v) is 4.69. The van der Waals surface area contributed by atoms with E-state index in [4.69, 9.17) is 9.73 Å². The number of benzene rings is 3. The number of aryl methyl sites for hydroxylation is 1. The van der Waals surface area contributed by atoms with Crippen molar-refractivity contribution in [2.24, 2.45) is 4.99 Å². The van der Waals surface area contributed by atoms with Crippen molar-refractivity contribution < 1.29 is 4.74 Å². The molecular formula is C23H21NOS. The van der Waals surface area contributed by atoms with Crippen molar-refractivity contribution in [2.75, 3.05) is 0 Å². The minimum Gasteiger partial charge on any atom is -0.439 e. The van der Waals surface area contributed by atoms with Crippen LogP contribution in [0, 0.1) is 6.92 Å². The molecule has 0 aliphatic carbocycles. The van der Waals surface area contributed by atoms with E-state index in [-0.39, 0.29) is 0 Å². The van der Waals surface area contributed by atoms with Gasteiger partial charge in [0, 0.05) is 10.5 Å². The average Bonchev–Trinajstić information content (AvgIpc) is 2.69. The second-order valence-corrected chi connectivity index (χ2v) is 6.84. The van der Waals surface area contributed by atoms with E-state index < -0.39 is 0 Å². The molecule has 3 aromatic rings. The largest absolute Gasteiger partial charge is 0.439 e. The maximum Gasteiger partial charge on any atom is 0.223 e. The molecule has 0 atom stereocenters. The van der Waals surface area contributed by atoms with Gasteiger partial charge in [-0.1, -0.05) is 65.9 Å². The van der Waals surface area contributed by atoms with Crippen LogP contribution in [0.15, 0.2) is 106 Å². The van der Waals surface area contributed by atoms with Crippen molar-refractivity contribution >= 4 is 23.3 Å². The maximum absolute atomic E-state index is 6.09. The van der Waals surface area contributed by atoms with Gasteiger partial charge in [0.25, 0.3) is 0 Å². The Morgan fingerprint density at radius 3 is 2.12 bits per heavy atom. The van der Waals surface area contributed by atoms with Crippen LogP contribution < -0.4 is 4.74 Å². The lowest BCUT2D eigenvalue weighted by atomic mass is 10.2. The minimum absolute atomic E-state index is 0.600. The van der Waals surface area contributed by atoms with E-state index in [9.17, 15) is 0 Å². The van der Waals surface area contributed by atoms with Gasteiger partial charge in [-0.2, -0.15) is 0 Å². The van der Waals surface area contributed by atoms with Gasteiger partial charge in [0.2, 0.25) is 5.90 Å². The van der Waals surface area contributed by atoms with Crippen LogP contribution in [0.2, 0.25) is 0 Å². The first kappa shape index (κ1) is 18.0. The molecule has 0 saturated carbocycles. The van der Waals surface area contributed by atoms with Crippen LogP contribution in [-0.4, -0.2) is 5.90 Å². The molecular weight excluding hydrogens is 338 g/mol. The summed E-state index contributed by atoms with van der Waals surface area (Å²) in [5.41, 5.74) is 3.04. The lowest BCUT2D eigenvalue weighted by Crippen LogP contribution is -2.09. The zero-order valence-electron chi connectivity index (χ0n) is 14.9. The van der Waals surface area contributed by atoms with E-state index in [2.05, 4.69) is 24.5 Å². The Morgan fingerprint density at radius 2 is 1.46 bits per heavy atom. The number of hydrogen-bond donors (Lipinski definition) is 0. The summed E-state index contributed by atoms with van der Waals surface area (Å²) in [7, 11) is 0. The van der Waals surface area contributed by atoms with Gasteiger partial charge in [-0.05, 0) is 55.7 Å². The normalized spacial score (nSPS) is 12.1. The Labute approximate surface area is 159 Å². The van der Waals surface area contributed by atoms with Crippen molar-refractivity contribution in [3.8, 4) is 5.75 Å². The summed E-state index contributed by atoms with van der Waals surface area (Å²) in [4.78, 5) is 5.88. The van der Waals surface area contributed by atoms with Crippen LogP contribution >= 0.6 is 11.8 Å². The van der Waals surface area contributed by atoms with Gasteiger partial charge in [0.1, 0.15) is 5.75 Å². The molecule has 0 fully saturated rings. The molecule has 0 bridgehead atoms. The summed E-state index contributed by atoms with van der Waals surface area (Å²) in [6.45, 7) is 4.08. The standard InChI is InChI=1S/C23H21NOS/c1-18-13-15-21(16-14-18)25-23(24-20-9-5-3-6-10-20)19(2)17-26-22-11-7-4-8-12-22/h3-17H,1-2H3/b19-17+,24-23+. The number of aliphatic imine (C=N–C) groups is 1. The molecule has 0 unspecified atom stereocenters. The van der Waals surface area contributed by atoms with Crippen LogP contribution in [-0.2, 0) is 0 Å². The monoisotopic (exact) mass is 359 g/mol. The topological polar surface area (TPSA) is 21.6 Å². The minimum atomic E-state index is 0.600. The van der Waals surface area contributed by atoms with Crippen molar-refractivity contribution in [2.45, 2.75) is 18.7 Å². The van der Waals surface area contributed by atoms with E-state index in [1.54, 1.807) is 11.8 Å². The second kappa shape index (κ2) is 9.07. The molecule has 0 N–H and O–H groups in total. The number of hydrogen-bond acceptors (Lipinski definition) is 3. The van der Waals surface area contributed by atoms with Crippen LogP contribution in [0.1, 0.15) is 12.5 Å². The Kier molecular flexibility index (Phi) is 6.29. The molecule has 3 aromatic carbocycles. The highest BCUT2D eigenvalue weighted by Crippen LogP contribution is 2.23. The Balaban J connectivity index is 1.86. The van der Waals surface area contributed by atoms with Crippen LogP contribution in [0.25, 0.3) is 0 Å². The Bertz CT molecular complexity index is 885. The number of ether oxygens (including phenoxy) is 1. The van der Waals surface area contributed by atoms with Gasteiger partial charge in [0.05, 0.1) is 5.69 Å². The quantitative estimate of drug-likeness (QED) is 0.284. The highest BCUT2D eigenvalue weighted by Gasteiger charge is 2.07. The third-order valence-electron chi connectivity index (χ3n) is 3.67. The van der Waals surface area contributed by atoms with Crippen LogP contribution in [0.5, 0.6) is 5.75 Å². The molecule has 130 valence electrons. The predicted molar refractivity (Wildman–Crippen MR) is 111 cm³/mol. The van der Waals surface area contributed by atoms with Gasteiger partial charge in [0.15, 0.2) is 0 Å². The van der Waals surface area contributed by atoms with Gasteiger partial charge >= 0.3 is 0 Å². The fraction of sp³-hybridized carbons (Fsp3) is 0.0870. The Morgan fingerprint density at radius 1 is 0.846 bits per heavy atom. The predicted octanol–water partition coefficient (Wildman–Crippen LogP) is 6.80. The van der Waals surface area contributed by atoms with Crippen LogP contribution in [0.4, 0.5) is 5.69 Å². The molecule has 0 spiro atoms. The van der Waals surface area contributed by atoms with Gasteiger partial charge in [-0.3, -0.25) is 0 Å². The lowest BCUT2D eigenvalue weighted by molar-refractivity contribution is 0.551. The SMILES string of the molecule is CC(=C\Sc1ccccc1)/C(=N\c1ccccc1)Oc1ccc(C)cc1. The molecule has 0 aliphatic rings.